The highest BCUT2D eigenvalue weighted by Gasteiger charge is 2.23. The van der Waals surface area contributed by atoms with E-state index in [0.29, 0.717) is 22.9 Å². The molecule has 7 nitrogen and oxygen atoms in total. The molecule has 150 valence electrons. The molecule has 3 rings (SSSR count). The Morgan fingerprint density at radius 2 is 2.11 bits per heavy atom. The predicted molar refractivity (Wildman–Crippen MR) is 113 cm³/mol. The zero-order chi connectivity index (χ0) is 20.1. The summed E-state index contributed by atoms with van der Waals surface area (Å²) in [5.41, 5.74) is 7.97. The Kier molecular flexibility index (Phi) is 6.64. The van der Waals surface area contributed by atoms with E-state index in [9.17, 15) is 9.59 Å². The van der Waals surface area contributed by atoms with Crippen molar-refractivity contribution in [1.29, 1.82) is 0 Å². The molecule has 0 bridgehead atoms. The maximum atomic E-state index is 11.8. The van der Waals surface area contributed by atoms with Crippen LogP contribution in [0.5, 0.6) is 0 Å². The van der Waals surface area contributed by atoms with Crippen molar-refractivity contribution in [3.05, 3.63) is 35.5 Å². The molecule has 0 spiro atoms. The summed E-state index contributed by atoms with van der Waals surface area (Å²) in [6, 6.07) is 6.60. The molecule has 0 radical (unpaired) electrons. The van der Waals surface area contributed by atoms with Gasteiger partial charge in [-0.15, -0.1) is 0 Å². The van der Waals surface area contributed by atoms with Crippen LogP contribution in [0.15, 0.2) is 24.3 Å². The average Bonchev–Trinajstić information content (AvgIpc) is 3.10. The number of carbonyl (C=O) groups excluding carboxylic acids is 2. The zero-order valence-corrected chi connectivity index (χ0v) is 16.9. The monoisotopic (exact) mass is 401 g/mol. The Hall–Kier alpha value is -2.45. The van der Waals surface area contributed by atoms with Gasteiger partial charge in [-0.3, -0.25) is 4.79 Å². The number of anilines is 3. The summed E-state index contributed by atoms with van der Waals surface area (Å²) in [7, 11) is 0. The Morgan fingerprint density at radius 3 is 2.71 bits per heavy atom. The summed E-state index contributed by atoms with van der Waals surface area (Å²) in [5.74, 6) is 6.30. The van der Waals surface area contributed by atoms with E-state index in [2.05, 4.69) is 9.69 Å². The van der Waals surface area contributed by atoms with E-state index in [0.717, 1.165) is 36.2 Å². The van der Waals surface area contributed by atoms with Gasteiger partial charge in [0.2, 0.25) is 0 Å². The number of rotatable bonds is 8. The first-order valence-electron chi connectivity index (χ1n) is 9.61. The highest BCUT2D eigenvalue weighted by Crippen LogP contribution is 2.31. The molecular formula is C20H27N5O2S. The molecule has 1 heterocycles. The second-order valence-electron chi connectivity index (χ2n) is 7.40. The van der Waals surface area contributed by atoms with Crippen molar-refractivity contribution in [2.45, 2.75) is 51.5 Å². The number of aldehydes is 1. The van der Waals surface area contributed by atoms with Crippen LogP contribution >= 0.6 is 11.5 Å². The van der Waals surface area contributed by atoms with Crippen LogP contribution in [0.3, 0.4) is 0 Å². The van der Waals surface area contributed by atoms with Gasteiger partial charge >= 0.3 is 0 Å². The van der Waals surface area contributed by atoms with E-state index >= 15 is 0 Å². The molecule has 5 N–H and O–H groups in total. The molecule has 2 aromatic rings. The number of nitrogens with two attached hydrogens (primary N) is 2. The first-order valence-corrected chi connectivity index (χ1v) is 10.4. The smallest absolute Gasteiger partial charge is 0.250 e. The molecule has 1 aliphatic carbocycles. The molecule has 1 saturated carbocycles. The lowest BCUT2D eigenvalue weighted by Gasteiger charge is -2.30. The van der Waals surface area contributed by atoms with Crippen LogP contribution in [-0.4, -0.2) is 22.6 Å². The fourth-order valence-electron chi connectivity index (χ4n) is 3.76. The molecule has 0 saturated heterocycles. The number of carbonyl (C=O) groups is 2. The summed E-state index contributed by atoms with van der Waals surface area (Å²) >= 11 is 1.30. The van der Waals surface area contributed by atoms with Crippen molar-refractivity contribution < 1.29 is 9.59 Å². The maximum Gasteiger partial charge on any atom is 0.250 e. The van der Waals surface area contributed by atoms with E-state index in [1.165, 1.54) is 35.8 Å². The lowest BCUT2D eigenvalue weighted by molar-refractivity contribution is -0.109. The van der Waals surface area contributed by atoms with Gasteiger partial charge in [0.05, 0.1) is 22.6 Å². The number of nitrogens with zero attached hydrogens (tertiary/aromatic N) is 2. The van der Waals surface area contributed by atoms with Gasteiger partial charge in [-0.1, -0.05) is 32.1 Å². The number of nitrogens with one attached hydrogen (secondary N) is 1. The van der Waals surface area contributed by atoms with E-state index in [-0.39, 0.29) is 0 Å². The summed E-state index contributed by atoms with van der Waals surface area (Å²) < 4.78 is 4.23. The van der Waals surface area contributed by atoms with Gasteiger partial charge in [0.1, 0.15) is 17.3 Å². The molecule has 0 aliphatic heterocycles. The highest BCUT2D eigenvalue weighted by atomic mass is 32.1. The van der Waals surface area contributed by atoms with Gasteiger partial charge in [0.25, 0.3) is 5.91 Å². The predicted octanol–water partition coefficient (Wildman–Crippen LogP) is 3.51. The summed E-state index contributed by atoms with van der Waals surface area (Å²) in [6.45, 7) is 1.90. The van der Waals surface area contributed by atoms with E-state index < -0.39 is 11.9 Å². The molecule has 8 heteroatoms. The molecular weight excluding hydrogens is 374 g/mol. The molecule has 0 unspecified atom stereocenters. The number of hydrazine groups is 1. The Morgan fingerprint density at radius 1 is 1.36 bits per heavy atom. The molecule has 1 amide bonds. The van der Waals surface area contributed by atoms with Crippen LogP contribution in [0.2, 0.25) is 0 Å². The number of benzene rings is 1. The third-order valence-electron chi connectivity index (χ3n) is 5.27. The Bertz CT molecular complexity index is 832. The fourth-order valence-corrected chi connectivity index (χ4v) is 4.43. The minimum absolute atomic E-state index is 0.359. The van der Waals surface area contributed by atoms with Gasteiger partial charge in [-0.2, -0.15) is 4.37 Å². The first kappa shape index (κ1) is 20.3. The van der Waals surface area contributed by atoms with Crippen LogP contribution in [0, 0.1) is 12.8 Å². The first-order chi connectivity index (χ1) is 13.5. The summed E-state index contributed by atoms with van der Waals surface area (Å²) in [5, 5.41) is 5.49. The number of amides is 1. The van der Waals surface area contributed by atoms with Crippen LogP contribution in [0.4, 0.5) is 16.4 Å². The minimum Gasteiger partial charge on any atom is -0.366 e. The number of aromatic nitrogens is 1. The zero-order valence-electron chi connectivity index (χ0n) is 16.1. The topological polar surface area (TPSA) is 114 Å². The van der Waals surface area contributed by atoms with Crippen LogP contribution < -0.4 is 21.9 Å². The molecule has 1 aromatic heterocycles. The van der Waals surface area contributed by atoms with Crippen molar-refractivity contribution in [2.75, 3.05) is 10.3 Å². The van der Waals surface area contributed by atoms with Crippen molar-refractivity contribution in [3.8, 4) is 0 Å². The fraction of sp³-hybridized carbons (Fsp3) is 0.450. The van der Waals surface area contributed by atoms with Gasteiger partial charge in [-0.05, 0) is 55.1 Å². The quantitative estimate of drug-likeness (QED) is 0.354. The molecule has 28 heavy (non-hydrogen) atoms. The SMILES string of the molecule is Cc1cc(Nc2cc(N(N)[C@@H](C=O)CC3CCCCC3)ccc2C(N)=O)sn1. The average molecular weight is 402 g/mol. The third-order valence-corrected chi connectivity index (χ3v) is 6.06. The normalized spacial score (nSPS) is 15.8. The number of hydrogen-bond acceptors (Lipinski definition) is 7. The van der Waals surface area contributed by atoms with Gasteiger partial charge in [-0.25, -0.2) is 5.84 Å². The molecule has 1 atom stereocenters. The second kappa shape index (κ2) is 9.16. The molecule has 1 fully saturated rings. The van der Waals surface area contributed by atoms with Crippen molar-refractivity contribution in [2.24, 2.45) is 17.5 Å². The number of aryl methyl sites for hydroxylation is 1. The number of primary amides is 1. The number of hydrogen-bond donors (Lipinski definition) is 3. The van der Waals surface area contributed by atoms with E-state index in [1.807, 2.05) is 13.0 Å². The molecule has 1 aromatic carbocycles. The lowest BCUT2D eigenvalue weighted by atomic mass is 9.85. The van der Waals surface area contributed by atoms with E-state index in [4.69, 9.17) is 11.6 Å². The standard InChI is InChI=1S/C20H27N5O2S/c1-13-9-19(28-24-13)23-18-11-15(7-8-17(18)20(21)27)25(22)16(12-26)10-14-5-3-2-4-6-14/h7-9,11-12,14,16,23H,2-6,10,22H2,1H3,(H2,21,27)/t16-/m1/s1. The Balaban J connectivity index is 1.82. The largest absolute Gasteiger partial charge is 0.366 e. The van der Waals surface area contributed by atoms with Gasteiger partial charge in [0, 0.05) is 0 Å². The molecule has 1 aliphatic rings. The summed E-state index contributed by atoms with van der Waals surface area (Å²) in [6.07, 6.45) is 7.67. The van der Waals surface area contributed by atoms with Gasteiger partial charge < -0.3 is 20.9 Å². The van der Waals surface area contributed by atoms with Crippen LogP contribution in [0.25, 0.3) is 0 Å². The highest BCUT2D eigenvalue weighted by molar-refractivity contribution is 7.10. The lowest BCUT2D eigenvalue weighted by Crippen LogP contribution is -2.43. The maximum absolute atomic E-state index is 11.8. The summed E-state index contributed by atoms with van der Waals surface area (Å²) in [4.78, 5) is 23.5. The van der Waals surface area contributed by atoms with Crippen molar-refractivity contribution in [3.63, 3.8) is 0 Å². The Labute approximate surface area is 169 Å². The minimum atomic E-state index is -0.534. The van der Waals surface area contributed by atoms with Crippen LogP contribution in [-0.2, 0) is 4.79 Å². The van der Waals surface area contributed by atoms with E-state index in [1.54, 1.807) is 18.2 Å². The van der Waals surface area contributed by atoms with Crippen molar-refractivity contribution in [1.82, 2.24) is 4.37 Å². The van der Waals surface area contributed by atoms with Gasteiger partial charge in [0.15, 0.2) is 0 Å². The second-order valence-corrected chi connectivity index (χ2v) is 8.21. The van der Waals surface area contributed by atoms with Crippen LogP contribution in [0.1, 0.15) is 54.6 Å². The van der Waals surface area contributed by atoms with Crippen molar-refractivity contribution >= 4 is 40.1 Å². The third kappa shape index (κ3) is 4.88.